The molecular weight excluding hydrogens is 292 g/mol. The first-order valence-corrected chi connectivity index (χ1v) is 7.93. The molecule has 7 nitrogen and oxygen atoms in total. The van der Waals surface area contributed by atoms with Crippen molar-refractivity contribution in [3.8, 4) is 0 Å². The number of carbonyl (C=O) groups excluding carboxylic acids is 1. The molecule has 0 bridgehead atoms. The van der Waals surface area contributed by atoms with Crippen LogP contribution in [0.1, 0.15) is 51.9 Å². The molecule has 0 amide bonds. The molecule has 0 aliphatic carbocycles. The highest BCUT2D eigenvalue weighted by atomic mass is 16.6. The van der Waals surface area contributed by atoms with Crippen LogP contribution < -0.4 is 0 Å². The van der Waals surface area contributed by atoms with E-state index < -0.39 is 43.6 Å². The average molecular weight is 322 g/mol. The molecule has 0 aromatic rings. The van der Waals surface area contributed by atoms with E-state index in [0.717, 1.165) is 25.7 Å². The van der Waals surface area contributed by atoms with Crippen molar-refractivity contribution in [3.05, 3.63) is 0 Å². The van der Waals surface area contributed by atoms with Gasteiger partial charge in [-0.3, -0.25) is 4.79 Å². The average Bonchev–Trinajstić information content (AvgIpc) is 2.53. The van der Waals surface area contributed by atoms with Crippen molar-refractivity contribution in [2.75, 3.05) is 13.2 Å². The number of carbonyl (C=O) groups is 1. The Kier molecular flexibility index (Phi) is 12.4. The van der Waals surface area contributed by atoms with E-state index in [1.54, 1.807) is 0 Å². The van der Waals surface area contributed by atoms with Gasteiger partial charge in [-0.15, -0.1) is 0 Å². The highest BCUT2D eigenvalue weighted by molar-refractivity contribution is 5.69. The number of unbranched alkanes of at least 4 members (excludes halogenated alkanes) is 5. The number of aliphatic hydroxyl groups is 5. The summed E-state index contributed by atoms with van der Waals surface area (Å²) < 4.78 is 4.91. The summed E-state index contributed by atoms with van der Waals surface area (Å²) in [6.07, 6.45) is -0.00716. The van der Waals surface area contributed by atoms with Crippen LogP contribution in [-0.4, -0.2) is 69.1 Å². The van der Waals surface area contributed by atoms with Gasteiger partial charge in [-0.1, -0.05) is 39.0 Å². The van der Waals surface area contributed by atoms with Gasteiger partial charge in [0.05, 0.1) is 13.2 Å². The molecule has 0 aliphatic heterocycles. The van der Waals surface area contributed by atoms with Gasteiger partial charge in [0.25, 0.3) is 0 Å². The van der Waals surface area contributed by atoms with Crippen LogP contribution in [0, 0.1) is 0 Å². The van der Waals surface area contributed by atoms with Crippen LogP contribution in [0.2, 0.25) is 0 Å². The van der Waals surface area contributed by atoms with Gasteiger partial charge in [0.15, 0.2) is 6.10 Å². The maximum absolute atomic E-state index is 11.6. The zero-order valence-corrected chi connectivity index (χ0v) is 13.2. The molecule has 4 atom stereocenters. The van der Waals surface area contributed by atoms with E-state index in [-0.39, 0.29) is 6.42 Å². The Labute approximate surface area is 131 Å². The maximum atomic E-state index is 11.6. The van der Waals surface area contributed by atoms with Gasteiger partial charge < -0.3 is 30.3 Å². The maximum Gasteiger partial charge on any atom is 0.306 e. The lowest BCUT2D eigenvalue weighted by Gasteiger charge is -2.27. The highest BCUT2D eigenvalue weighted by Crippen LogP contribution is 2.11. The fourth-order valence-corrected chi connectivity index (χ4v) is 2.05. The fourth-order valence-electron chi connectivity index (χ4n) is 2.05. The first-order valence-electron chi connectivity index (χ1n) is 7.93. The zero-order valence-electron chi connectivity index (χ0n) is 13.2. The van der Waals surface area contributed by atoms with Crippen LogP contribution in [-0.2, 0) is 9.53 Å². The molecule has 0 radical (unpaired) electrons. The normalized spacial score (nSPS) is 16.8. The van der Waals surface area contributed by atoms with Crippen LogP contribution in [0.5, 0.6) is 0 Å². The topological polar surface area (TPSA) is 127 Å². The lowest BCUT2D eigenvalue weighted by Crippen LogP contribution is -2.48. The molecule has 0 aromatic carbocycles. The minimum Gasteiger partial charge on any atom is -0.457 e. The lowest BCUT2D eigenvalue weighted by atomic mass is 10.0. The Morgan fingerprint density at radius 1 is 0.909 bits per heavy atom. The molecular formula is C15H30O7. The predicted octanol–water partition coefficient (Wildman–Crippen LogP) is -0.284. The number of aliphatic hydroxyl groups excluding tert-OH is 5. The standard InChI is InChI=1S/C15H30O7/c1-2-3-4-5-6-7-8-13(19)22-12(10-17)15(21)14(20)11(18)9-16/h11-12,14-18,20-21H,2-10H2,1H3/t11-,12-,14-,15-/m1/s1. The van der Waals surface area contributed by atoms with Crippen LogP contribution in [0.25, 0.3) is 0 Å². The van der Waals surface area contributed by atoms with Gasteiger partial charge in [0, 0.05) is 6.42 Å². The smallest absolute Gasteiger partial charge is 0.306 e. The summed E-state index contributed by atoms with van der Waals surface area (Å²) in [6.45, 7) is 0.695. The molecule has 0 aliphatic rings. The summed E-state index contributed by atoms with van der Waals surface area (Å²) in [5.41, 5.74) is 0. The molecule has 0 unspecified atom stereocenters. The SMILES string of the molecule is CCCCCCCCC(=O)O[C@H](CO)[C@@H](O)[C@H](O)[C@H](O)CO. The predicted molar refractivity (Wildman–Crippen MR) is 80.1 cm³/mol. The number of hydrogen-bond acceptors (Lipinski definition) is 7. The lowest BCUT2D eigenvalue weighted by molar-refractivity contribution is -0.171. The summed E-state index contributed by atoms with van der Waals surface area (Å²) in [6, 6.07) is 0. The van der Waals surface area contributed by atoms with Crippen LogP contribution in [0.3, 0.4) is 0 Å². The Hall–Kier alpha value is -0.730. The molecule has 0 aromatic heterocycles. The second kappa shape index (κ2) is 12.8. The molecule has 0 rings (SSSR count). The van der Waals surface area contributed by atoms with Crippen molar-refractivity contribution < 1.29 is 35.1 Å². The Morgan fingerprint density at radius 3 is 2.05 bits per heavy atom. The van der Waals surface area contributed by atoms with Gasteiger partial charge in [-0.25, -0.2) is 0 Å². The third kappa shape index (κ3) is 8.65. The van der Waals surface area contributed by atoms with E-state index in [1.807, 2.05) is 0 Å². The second-order valence-electron chi connectivity index (χ2n) is 5.46. The van der Waals surface area contributed by atoms with E-state index in [2.05, 4.69) is 6.92 Å². The minimum atomic E-state index is -1.70. The first kappa shape index (κ1) is 21.3. The Balaban J connectivity index is 4.07. The molecule has 22 heavy (non-hydrogen) atoms. The van der Waals surface area contributed by atoms with Crippen molar-refractivity contribution in [2.24, 2.45) is 0 Å². The highest BCUT2D eigenvalue weighted by Gasteiger charge is 2.33. The number of rotatable bonds is 13. The number of hydrogen-bond donors (Lipinski definition) is 5. The van der Waals surface area contributed by atoms with E-state index >= 15 is 0 Å². The third-order valence-electron chi connectivity index (χ3n) is 3.51. The number of esters is 1. The summed E-state index contributed by atoms with van der Waals surface area (Å²) in [5, 5.41) is 46.3. The van der Waals surface area contributed by atoms with Gasteiger partial charge >= 0.3 is 5.97 Å². The van der Waals surface area contributed by atoms with Gasteiger partial charge in [-0.2, -0.15) is 0 Å². The molecule has 132 valence electrons. The van der Waals surface area contributed by atoms with Crippen molar-refractivity contribution in [2.45, 2.75) is 76.3 Å². The molecule has 0 saturated carbocycles. The largest absolute Gasteiger partial charge is 0.457 e. The Bertz CT molecular complexity index is 285. The van der Waals surface area contributed by atoms with Crippen LogP contribution >= 0.6 is 0 Å². The van der Waals surface area contributed by atoms with Gasteiger partial charge in [-0.05, 0) is 6.42 Å². The summed E-state index contributed by atoms with van der Waals surface area (Å²) in [7, 11) is 0. The monoisotopic (exact) mass is 322 g/mol. The van der Waals surface area contributed by atoms with Gasteiger partial charge in [0.1, 0.15) is 18.3 Å². The van der Waals surface area contributed by atoms with E-state index in [4.69, 9.17) is 14.9 Å². The third-order valence-corrected chi connectivity index (χ3v) is 3.51. The zero-order chi connectivity index (χ0) is 17.0. The van der Waals surface area contributed by atoms with Crippen molar-refractivity contribution >= 4 is 5.97 Å². The van der Waals surface area contributed by atoms with Crippen LogP contribution in [0.4, 0.5) is 0 Å². The Morgan fingerprint density at radius 2 is 1.50 bits per heavy atom. The van der Waals surface area contributed by atoms with Crippen molar-refractivity contribution in [3.63, 3.8) is 0 Å². The second-order valence-corrected chi connectivity index (χ2v) is 5.46. The molecule has 7 heteroatoms. The van der Waals surface area contributed by atoms with Gasteiger partial charge in [0.2, 0.25) is 0 Å². The quantitative estimate of drug-likeness (QED) is 0.233. The molecule has 0 saturated heterocycles. The number of ether oxygens (including phenoxy) is 1. The molecule has 5 N–H and O–H groups in total. The summed E-state index contributed by atoms with van der Waals surface area (Å²) in [5.74, 6) is -0.570. The van der Waals surface area contributed by atoms with E-state index in [0.29, 0.717) is 6.42 Å². The van der Waals surface area contributed by atoms with Crippen molar-refractivity contribution in [1.29, 1.82) is 0 Å². The summed E-state index contributed by atoms with van der Waals surface area (Å²) >= 11 is 0. The molecule has 0 fully saturated rings. The van der Waals surface area contributed by atoms with Crippen LogP contribution in [0.15, 0.2) is 0 Å². The molecule has 0 spiro atoms. The fraction of sp³-hybridized carbons (Fsp3) is 0.933. The first-order chi connectivity index (χ1) is 10.5. The van der Waals surface area contributed by atoms with E-state index in [1.165, 1.54) is 6.42 Å². The minimum absolute atomic E-state index is 0.175. The van der Waals surface area contributed by atoms with Crippen molar-refractivity contribution in [1.82, 2.24) is 0 Å². The summed E-state index contributed by atoms with van der Waals surface area (Å²) in [4.78, 5) is 11.6. The van der Waals surface area contributed by atoms with E-state index in [9.17, 15) is 20.1 Å². The molecule has 0 heterocycles.